The maximum atomic E-state index is 12.8. The molecule has 86 valence electrons. The molecule has 1 nitrogen and oxygen atoms in total. The molecule has 4 heteroatoms. The van der Waals surface area contributed by atoms with Gasteiger partial charge in [0.15, 0.2) is 5.60 Å². The van der Waals surface area contributed by atoms with Crippen molar-refractivity contribution in [1.29, 1.82) is 0 Å². The van der Waals surface area contributed by atoms with Crippen LogP contribution in [-0.2, 0) is 0 Å². The van der Waals surface area contributed by atoms with Gasteiger partial charge in [-0.2, -0.15) is 13.2 Å². The summed E-state index contributed by atoms with van der Waals surface area (Å²) in [5.41, 5.74) is -3.66. The van der Waals surface area contributed by atoms with Gasteiger partial charge in [-0.15, -0.1) is 0 Å². The predicted molar refractivity (Wildman–Crippen MR) is 50.1 cm³/mol. The van der Waals surface area contributed by atoms with Crippen LogP contribution in [0.25, 0.3) is 0 Å². The van der Waals surface area contributed by atoms with Crippen LogP contribution in [0.5, 0.6) is 0 Å². The van der Waals surface area contributed by atoms with Crippen LogP contribution < -0.4 is 0 Å². The molecule has 2 rings (SSSR count). The molecule has 0 aromatic heterocycles. The first-order valence-corrected chi connectivity index (χ1v) is 5.16. The van der Waals surface area contributed by atoms with E-state index in [0.717, 1.165) is 13.3 Å². The third kappa shape index (κ3) is 1.27. The van der Waals surface area contributed by atoms with E-state index in [4.69, 9.17) is 0 Å². The molecule has 2 aliphatic rings. The Morgan fingerprint density at radius 1 is 1.33 bits per heavy atom. The van der Waals surface area contributed by atoms with Crippen LogP contribution in [0.3, 0.4) is 0 Å². The van der Waals surface area contributed by atoms with Gasteiger partial charge in [0, 0.05) is 5.41 Å². The Morgan fingerprint density at radius 3 is 2.27 bits per heavy atom. The zero-order chi connectivity index (χ0) is 11.5. The number of aliphatic hydroxyl groups is 1. The maximum Gasteiger partial charge on any atom is 0.417 e. The fraction of sp³-hybridized carbons (Fsp3) is 0.818. The van der Waals surface area contributed by atoms with Crippen molar-refractivity contribution < 1.29 is 18.3 Å². The van der Waals surface area contributed by atoms with Crippen LogP contribution in [0.2, 0.25) is 0 Å². The lowest BCUT2D eigenvalue weighted by Gasteiger charge is -2.45. The minimum Gasteiger partial charge on any atom is -0.380 e. The molecule has 1 N–H and O–H groups in total. The zero-order valence-electron chi connectivity index (χ0n) is 8.80. The number of halogens is 3. The van der Waals surface area contributed by atoms with Crippen LogP contribution in [0.1, 0.15) is 26.7 Å². The fourth-order valence-electron chi connectivity index (χ4n) is 2.98. The van der Waals surface area contributed by atoms with Gasteiger partial charge in [-0.1, -0.05) is 19.1 Å². The Bertz CT molecular complexity index is 305. The fourth-order valence-corrected chi connectivity index (χ4v) is 2.98. The van der Waals surface area contributed by atoms with Gasteiger partial charge in [-0.3, -0.25) is 0 Å². The average Bonchev–Trinajstić information content (AvgIpc) is 2.61. The molecule has 2 bridgehead atoms. The summed E-state index contributed by atoms with van der Waals surface area (Å²) in [6.45, 7) is 2.45. The van der Waals surface area contributed by atoms with E-state index in [2.05, 4.69) is 0 Å². The Labute approximate surface area is 87.0 Å². The SMILES string of the molecule is CC1(C(C)(O)C(F)(F)F)CC2C=CC1C2. The monoisotopic (exact) mass is 220 g/mol. The molecule has 0 heterocycles. The lowest BCUT2D eigenvalue weighted by Crippen LogP contribution is -2.56. The highest BCUT2D eigenvalue weighted by Gasteiger charge is 2.65. The van der Waals surface area contributed by atoms with E-state index in [1.54, 1.807) is 6.92 Å². The Hall–Kier alpha value is -0.510. The standard InChI is InChI=1S/C11H15F3O/c1-9(10(2,15)11(12,13)14)6-7-3-4-8(9)5-7/h3-4,7-8,15H,5-6H2,1-2H3. The summed E-state index contributed by atoms with van der Waals surface area (Å²) in [6.07, 6.45) is 0.427. The molecule has 0 aliphatic heterocycles. The van der Waals surface area contributed by atoms with E-state index in [1.165, 1.54) is 0 Å². The quantitative estimate of drug-likeness (QED) is 0.674. The summed E-state index contributed by atoms with van der Waals surface area (Å²) in [5.74, 6) is 0.0768. The first kappa shape index (κ1) is 11.0. The minimum atomic E-state index is -4.56. The smallest absolute Gasteiger partial charge is 0.380 e. The third-order valence-corrected chi connectivity index (χ3v) is 4.34. The molecule has 0 aromatic rings. The van der Waals surface area contributed by atoms with Crippen molar-refractivity contribution in [2.45, 2.75) is 38.5 Å². The summed E-state index contributed by atoms with van der Waals surface area (Å²) < 4.78 is 38.3. The molecule has 2 aliphatic carbocycles. The summed E-state index contributed by atoms with van der Waals surface area (Å²) in [7, 11) is 0. The van der Waals surface area contributed by atoms with E-state index in [9.17, 15) is 18.3 Å². The lowest BCUT2D eigenvalue weighted by atomic mass is 9.65. The van der Waals surface area contributed by atoms with Gasteiger partial charge in [0.25, 0.3) is 0 Å². The molecular formula is C11H15F3O. The van der Waals surface area contributed by atoms with Gasteiger partial charge in [0.2, 0.25) is 0 Å². The number of hydrogen-bond donors (Lipinski definition) is 1. The number of rotatable bonds is 1. The second kappa shape index (κ2) is 2.78. The second-order valence-corrected chi connectivity index (χ2v) is 5.18. The first-order chi connectivity index (χ1) is 6.68. The van der Waals surface area contributed by atoms with Gasteiger partial charge >= 0.3 is 6.18 Å². The van der Waals surface area contributed by atoms with Crippen LogP contribution in [-0.4, -0.2) is 16.9 Å². The lowest BCUT2D eigenvalue weighted by molar-refractivity contribution is -0.296. The summed E-state index contributed by atoms with van der Waals surface area (Å²) in [4.78, 5) is 0. The van der Waals surface area contributed by atoms with Crippen molar-refractivity contribution in [3.05, 3.63) is 12.2 Å². The summed E-state index contributed by atoms with van der Waals surface area (Å²) in [6, 6.07) is 0. The number of allylic oxidation sites excluding steroid dienone is 2. The second-order valence-electron chi connectivity index (χ2n) is 5.18. The highest BCUT2D eigenvalue weighted by molar-refractivity contribution is 5.19. The summed E-state index contributed by atoms with van der Waals surface area (Å²) >= 11 is 0. The van der Waals surface area contributed by atoms with E-state index >= 15 is 0 Å². The largest absolute Gasteiger partial charge is 0.417 e. The van der Waals surface area contributed by atoms with Crippen molar-refractivity contribution >= 4 is 0 Å². The zero-order valence-corrected chi connectivity index (χ0v) is 8.80. The predicted octanol–water partition coefficient (Wildman–Crippen LogP) is 2.90. The molecule has 15 heavy (non-hydrogen) atoms. The normalized spacial score (nSPS) is 43.3. The van der Waals surface area contributed by atoms with Crippen molar-refractivity contribution in [2.75, 3.05) is 0 Å². The molecule has 0 aromatic carbocycles. The molecular weight excluding hydrogens is 205 g/mol. The minimum absolute atomic E-state index is 0.140. The van der Waals surface area contributed by atoms with E-state index in [0.29, 0.717) is 6.42 Å². The molecule has 0 radical (unpaired) electrons. The van der Waals surface area contributed by atoms with Crippen LogP contribution in [0.4, 0.5) is 13.2 Å². The van der Waals surface area contributed by atoms with Crippen molar-refractivity contribution in [1.82, 2.24) is 0 Å². The Kier molecular flexibility index (Phi) is 2.04. The van der Waals surface area contributed by atoms with E-state index < -0.39 is 17.2 Å². The molecule has 0 saturated heterocycles. The molecule has 0 spiro atoms. The first-order valence-electron chi connectivity index (χ1n) is 5.16. The van der Waals surface area contributed by atoms with Gasteiger partial charge in [0.05, 0.1) is 0 Å². The molecule has 1 fully saturated rings. The Morgan fingerprint density at radius 2 is 1.93 bits per heavy atom. The highest BCUT2D eigenvalue weighted by Crippen LogP contribution is 2.60. The topological polar surface area (TPSA) is 20.2 Å². The third-order valence-electron chi connectivity index (χ3n) is 4.34. The van der Waals surface area contributed by atoms with Crippen LogP contribution in [0.15, 0.2) is 12.2 Å². The molecule has 0 amide bonds. The Balaban J connectivity index is 2.35. The van der Waals surface area contributed by atoms with E-state index in [1.807, 2.05) is 12.2 Å². The van der Waals surface area contributed by atoms with Gasteiger partial charge in [-0.25, -0.2) is 0 Å². The molecule has 1 saturated carbocycles. The van der Waals surface area contributed by atoms with Gasteiger partial charge in [0.1, 0.15) is 0 Å². The number of alkyl halides is 3. The van der Waals surface area contributed by atoms with Crippen LogP contribution >= 0.6 is 0 Å². The van der Waals surface area contributed by atoms with Crippen molar-refractivity contribution in [3.8, 4) is 0 Å². The number of fused-ring (bicyclic) bond motifs is 2. The average molecular weight is 220 g/mol. The maximum absolute atomic E-state index is 12.8. The van der Waals surface area contributed by atoms with Crippen molar-refractivity contribution in [3.63, 3.8) is 0 Å². The summed E-state index contributed by atoms with van der Waals surface area (Å²) in [5, 5.41) is 9.77. The van der Waals surface area contributed by atoms with E-state index in [-0.39, 0.29) is 11.8 Å². The molecule has 4 atom stereocenters. The van der Waals surface area contributed by atoms with Crippen LogP contribution in [0, 0.1) is 17.3 Å². The molecule has 4 unspecified atom stereocenters. The van der Waals surface area contributed by atoms with Crippen molar-refractivity contribution in [2.24, 2.45) is 17.3 Å². The number of hydrogen-bond acceptors (Lipinski definition) is 1. The van der Waals surface area contributed by atoms with Gasteiger partial charge in [-0.05, 0) is 31.6 Å². The highest BCUT2D eigenvalue weighted by atomic mass is 19.4. The van der Waals surface area contributed by atoms with Gasteiger partial charge < -0.3 is 5.11 Å².